The molecule has 9 nitrogen and oxygen atoms in total. The van der Waals surface area contributed by atoms with E-state index in [0.29, 0.717) is 24.0 Å². The van der Waals surface area contributed by atoms with Crippen LogP contribution in [0.25, 0.3) is 5.57 Å². The van der Waals surface area contributed by atoms with Gasteiger partial charge in [0.2, 0.25) is 0 Å². The highest BCUT2D eigenvalue weighted by Gasteiger charge is 2.20. The predicted molar refractivity (Wildman–Crippen MR) is 199 cm³/mol. The van der Waals surface area contributed by atoms with E-state index in [4.69, 9.17) is 5.11 Å². The van der Waals surface area contributed by atoms with Crippen LogP contribution in [-0.4, -0.2) is 54.6 Å². The van der Waals surface area contributed by atoms with Gasteiger partial charge in [-0.2, -0.15) is 0 Å². The summed E-state index contributed by atoms with van der Waals surface area (Å²) in [5.74, 6) is 0.999. The van der Waals surface area contributed by atoms with Crippen LogP contribution in [0.15, 0.2) is 95.5 Å². The largest absolute Gasteiger partial charge is 0.508 e. The number of hydrogen-bond acceptors (Lipinski definition) is 9. The highest BCUT2D eigenvalue weighted by molar-refractivity contribution is 9.10. The molecule has 0 spiro atoms. The van der Waals surface area contributed by atoms with Crippen molar-refractivity contribution >= 4 is 39.4 Å². The van der Waals surface area contributed by atoms with E-state index in [-0.39, 0.29) is 42.7 Å². The maximum absolute atomic E-state index is 11.3. The molecule has 3 N–H and O–H groups in total. The molecule has 1 unspecified atom stereocenters. The maximum Gasteiger partial charge on any atom is 0.330 e. The van der Waals surface area contributed by atoms with Crippen LogP contribution >= 0.6 is 15.9 Å². The number of phenolic OH excluding ortho intramolecular Hbond substituents is 3. The van der Waals surface area contributed by atoms with Gasteiger partial charge in [-0.15, -0.1) is 0 Å². The lowest BCUT2D eigenvalue weighted by Crippen LogP contribution is -2.13. The molecule has 0 saturated heterocycles. The lowest BCUT2D eigenvalue weighted by molar-refractivity contribution is -0.141. The van der Waals surface area contributed by atoms with E-state index in [9.17, 15) is 24.6 Å². The topological polar surface area (TPSA) is 140 Å². The first-order valence-electron chi connectivity index (χ1n) is 15.7. The van der Waals surface area contributed by atoms with Gasteiger partial charge in [0.15, 0.2) is 0 Å². The fraction of sp³-hybridized carbons (Fsp3) is 0.359. The Balaban J connectivity index is 0. The molecule has 0 saturated carbocycles. The van der Waals surface area contributed by atoms with Gasteiger partial charge in [0.25, 0.3) is 0 Å². The molecule has 3 rings (SSSR count). The smallest absolute Gasteiger partial charge is 0.330 e. The fourth-order valence-corrected chi connectivity index (χ4v) is 4.19. The van der Waals surface area contributed by atoms with Crippen LogP contribution in [0.4, 0.5) is 0 Å². The van der Waals surface area contributed by atoms with Crippen molar-refractivity contribution < 1.29 is 45.3 Å². The van der Waals surface area contributed by atoms with Gasteiger partial charge in [-0.05, 0) is 88.9 Å². The molecule has 0 aromatic heterocycles. The lowest BCUT2D eigenvalue weighted by atomic mass is 9.86. The number of allylic oxidation sites excluding steroid dienone is 2. The first-order valence-corrected chi connectivity index (χ1v) is 16.5. The zero-order valence-electron chi connectivity index (χ0n) is 29.8. The van der Waals surface area contributed by atoms with Gasteiger partial charge in [0.05, 0.1) is 27.8 Å². The second-order valence-electron chi connectivity index (χ2n) is 11.6. The van der Waals surface area contributed by atoms with Crippen LogP contribution < -0.4 is 0 Å². The number of aromatic hydroxyl groups is 3. The standard InChI is InChI=1S/C13H18O3.C13H16O3.C7H12O2.C6H5BrO.H2/c2*1-9(2)12(8-13(15)16-3)10-4-6-11(14)7-5-10;1-6(2)4-5-7(8)9-3;7-5-1-3-6(8)4-2-5;/h4-7,9,12,14H,8H2,1-3H3;4-9,14H,1-3H3;4-6H,1-3H3;1-4,8H;1H/b;12-8+;5-4+;;. The molecular formula is C39H53BrO9. The van der Waals surface area contributed by atoms with Crippen LogP contribution in [0.2, 0.25) is 0 Å². The molecule has 3 aromatic carbocycles. The number of carbonyl (C=O) groups excluding carboxylic acids is 3. The van der Waals surface area contributed by atoms with E-state index in [2.05, 4.69) is 44.0 Å². The summed E-state index contributed by atoms with van der Waals surface area (Å²) in [5.41, 5.74) is 2.86. The van der Waals surface area contributed by atoms with Crippen molar-refractivity contribution in [1.82, 2.24) is 0 Å². The molecule has 0 fully saturated rings. The molecule has 0 radical (unpaired) electrons. The van der Waals surface area contributed by atoms with E-state index in [1.54, 1.807) is 66.7 Å². The Morgan fingerprint density at radius 2 is 1.14 bits per heavy atom. The molecule has 0 amide bonds. The minimum Gasteiger partial charge on any atom is -0.508 e. The third kappa shape index (κ3) is 20.4. The van der Waals surface area contributed by atoms with Gasteiger partial charge in [-0.25, -0.2) is 9.59 Å². The molecule has 10 heteroatoms. The van der Waals surface area contributed by atoms with Crippen LogP contribution in [0.1, 0.15) is 66.4 Å². The van der Waals surface area contributed by atoms with Gasteiger partial charge < -0.3 is 29.5 Å². The van der Waals surface area contributed by atoms with E-state index in [1.807, 2.05) is 39.8 Å². The summed E-state index contributed by atoms with van der Waals surface area (Å²) in [7, 11) is 4.12. The predicted octanol–water partition coefficient (Wildman–Crippen LogP) is 9.07. The quantitative estimate of drug-likeness (QED) is 0.111. The Morgan fingerprint density at radius 1 is 0.694 bits per heavy atom. The van der Waals surface area contributed by atoms with Gasteiger partial charge in [-0.1, -0.05) is 87.8 Å². The fourth-order valence-electron chi connectivity index (χ4n) is 3.93. The van der Waals surface area contributed by atoms with Gasteiger partial charge in [0, 0.05) is 18.1 Å². The highest BCUT2D eigenvalue weighted by Crippen LogP contribution is 2.29. The number of halogens is 1. The average Bonchev–Trinajstić information content (AvgIpc) is 3.07. The normalized spacial score (nSPS) is 11.3. The van der Waals surface area contributed by atoms with Gasteiger partial charge in [-0.3, -0.25) is 4.79 Å². The minimum absolute atomic E-state index is 0. The SMILES string of the molecule is COC(=O)/C=C(/c1ccc(O)cc1)C(C)C.COC(=O)/C=C/C(C)C.COC(=O)CC(c1ccc(O)cc1)C(C)C.Oc1ccc(Br)cc1.[HH]. The third-order valence-electron chi connectivity index (χ3n) is 6.68. The van der Waals surface area contributed by atoms with Crippen molar-refractivity contribution in [3.63, 3.8) is 0 Å². The maximum atomic E-state index is 11.3. The summed E-state index contributed by atoms with van der Waals surface area (Å²) in [6.45, 7) is 12.1. The first-order chi connectivity index (χ1) is 23.0. The van der Waals surface area contributed by atoms with Crippen molar-refractivity contribution in [1.29, 1.82) is 0 Å². The molecule has 0 aliphatic carbocycles. The van der Waals surface area contributed by atoms with E-state index in [0.717, 1.165) is 21.2 Å². The molecule has 0 bridgehead atoms. The molecule has 270 valence electrons. The summed E-state index contributed by atoms with van der Waals surface area (Å²) in [5, 5.41) is 27.1. The molecule has 49 heavy (non-hydrogen) atoms. The van der Waals surface area contributed by atoms with Crippen LogP contribution in [0, 0.1) is 17.8 Å². The number of carbonyl (C=O) groups is 3. The number of phenols is 3. The molecule has 1 atom stereocenters. The van der Waals surface area contributed by atoms with Gasteiger partial charge >= 0.3 is 17.9 Å². The van der Waals surface area contributed by atoms with Crippen molar-refractivity contribution in [2.75, 3.05) is 21.3 Å². The molecule has 0 heterocycles. The number of methoxy groups -OCH3 is 3. The zero-order valence-corrected chi connectivity index (χ0v) is 31.4. The van der Waals surface area contributed by atoms with E-state index in [1.165, 1.54) is 33.5 Å². The Morgan fingerprint density at radius 3 is 1.51 bits per heavy atom. The summed E-state index contributed by atoms with van der Waals surface area (Å²) in [6.07, 6.45) is 5.09. The Kier molecular flexibility index (Phi) is 22.3. The Bertz CT molecular complexity index is 1430. The highest BCUT2D eigenvalue weighted by atomic mass is 79.9. The number of benzene rings is 3. The van der Waals surface area contributed by atoms with Crippen LogP contribution in [0.5, 0.6) is 17.2 Å². The molecule has 3 aromatic rings. The zero-order chi connectivity index (χ0) is 37.5. The third-order valence-corrected chi connectivity index (χ3v) is 7.21. The minimum atomic E-state index is -0.364. The first kappa shape index (κ1) is 44.4. The van der Waals surface area contributed by atoms with Crippen LogP contribution in [-0.2, 0) is 28.6 Å². The second-order valence-corrected chi connectivity index (χ2v) is 12.6. The average molecular weight is 746 g/mol. The van der Waals surface area contributed by atoms with Crippen molar-refractivity contribution in [2.45, 2.75) is 53.9 Å². The number of ether oxygens (including phenoxy) is 3. The van der Waals surface area contributed by atoms with Crippen LogP contribution in [0.3, 0.4) is 0 Å². The van der Waals surface area contributed by atoms with E-state index >= 15 is 0 Å². The molecular weight excluding hydrogens is 692 g/mol. The lowest BCUT2D eigenvalue weighted by Gasteiger charge is -2.20. The van der Waals surface area contributed by atoms with Gasteiger partial charge in [0.1, 0.15) is 17.2 Å². The molecule has 0 aliphatic rings. The summed E-state index contributed by atoms with van der Waals surface area (Å²) in [6, 6.07) is 20.6. The molecule has 0 aliphatic heterocycles. The number of hydrogen-bond donors (Lipinski definition) is 3. The second kappa shape index (κ2) is 24.6. The van der Waals surface area contributed by atoms with E-state index < -0.39 is 0 Å². The summed E-state index contributed by atoms with van der Waals surface area (Å²) in [4.78, 5) is 32.9. The van der Waals surface area contributed by atoms with Crippen molar-refractivity contribution in [2.24, 2.45) is 17.8 Å². The van der Waals surface area contributed by atoms with Crippen molar-refractivity contribution in [3.8, 4) is 17.2 Å². The Hall–Kier alpha value is -4.57. The number of rotatable bonds is 9. The number of esters is 3. The summed E-state index contributed by atoms with van der Waals surface area (Å²) >= 11 is 3.23. The summed E-state index contributed by atoms with van der Waals surface area (Å²) < 4.78 is 14.7. The van der Waals surface area contributed by atoms with Crippen molar-refractivity contribution in [3.05, 3.63) is 107 Å². The monoisotopic (exact) mass is 744 g/mol. The Labute approximate surface area is 300 Å².